The molecule has 0 aliphatic heterocycles. The molecule has 27 heavy (non-hydrogen) atoms. The number of rotatable bonds is 4. The molecular formula is C19H16FN5OS. The van der Waals surface area contributed by atoms with E-state index in [9.17, 15) is 9.18 Å². The fraction of sp³-hybridized carbons (Fsp3) is 0.158. The number of hydrogen-bond donors (Lipinski definition) is 2. The monoisotopic (exact) mass is 381 g/mol. The van der Waals surface area contributed by atoms with E-state index in [0.717, 1.165) is 22.3 Å². The number of hydrogen-bond acceptors (Lipinski definition) is 5. The number of halogens is 1. The number of carbonyl (C=O) groups excluding carboxylic acids is 1. The minimum atomic E-state index is -0.341. The van der Waals surface area contributed by atoms with Gasteiger partial charge < -0.3 is 10.3 Å². The van der Waals surface area contributed by atoms with Gasteiger partial charge in [-0.1, -0.05) is 29.5 Å². The van der Waals surface area contributed by atoms with Gasteiger partial charge in [0.2, 0.25) is 11.1 Å². The molecule has 2 aromatic carbocycles. The second-order valence-corrected chi connectivity index (χ2v) is 7.20. The van der Waals surface area contributed by atoms with Crippen LogP contribution in [0.4, 0.5) is 10.1 Å². The summed E-state index contributed by atoms with van der Waals surface area (Å²) >= 11 is 1.19. The number of benzene rings is 2. The van der Waals surface area contributed by atoms with E-state index in [1.807, 2.05) is 32.0 Å². The van der Waals surface area contributed by atoms with Crippen LogP contribution < -0.4 is 5.32 Å². The normalized spacial score (nSPS) is 11.2. The van der Waals surface area contributed by atoms with Crippen LogP contribution in [0, 0.1) is 19.7 Å². The van der Waals surface area contributed by atoms with E-state index >= 15 is 0 Å². The summed E-state index contributed by atoms with van der Waals surface area (Å²) in [7, 11) is 0. The van der Waals surface area contributed by atoms with Crippen molar-refractivity contribution in [3.63, 3.8) is 0 Å². The number of amides is 1. The summed E-state index contributed by atoms with van der Waals surface area (Å²) in [6.45, 7) is 3.96. The summed E-state index contributed by atoms with van der Waals surface area (Å²) < 4.78 is 13.4. The fourth-order valence-electron chi connectivity index (χ4n) is 2.86. The molecule has 4 aromatic rings. The number of H-pyrrole nitrogens is 1. The van der Waals surface area contributed by atoms with E-state index < -0.39 is 0 Å². The van der Waals surface area contributed by atoms with Crippen molar-refractivity contribution in [2.75, 3.05) is 11.1 Å². The Morgan fingerprint density at radius 3 is 2.85 bits per heavy atom. The molecule has 8 heteroatoms. The first kappa shape index (κ1) is 17.4. The Labute approximate surface area is 158 Å². The zero-order chi connectivity index (χ0) is 19.0. The molecule has 2 heterocycles. The van der Waals surface area contributed by atoms with E-state index in [0.29, 0.717) is 21.7 Å². The molecule has 1 amide bonds. The molecule has 0 fully saturated rings. The lowest BCUT2D eigenvalue weighted by Gasteiger charge is -2.08. The molecule has 0 unspecified atom stereocenters. The van der Waals surface area contributed by atoms with Gasteiger partial charge in [-0.25, -0.2) is 9.37 Å². The highest BCUT2D eigenvalue weighted by Gasteiger charge is 2.12. The number of nitrogens with zero attached hydrogens (tertiary/aromatic N) is 3. The van der Waals surface area contributed by atoms with Crippen LogP contribution in [0.5, 0.6) is 0 Å². The Hall–Kier alpha value is -3.00. The van der Waals surface area contributed by atoms with E-state index in [-0.39, 0.29) is 17.5 Å². The smallest absolute Gasteiger partial charge is 0.234 e. The van der Waals surface area contributed by atoms with Crippen LogP contribution in [0.2, 0.25) is 0 Å². The largest absolute Gasteiger partial charge is 0.338 e. The second kappa shape index (κ2) is 6.96. The molecule has 0 radical (unpaired) electrons. The maximum atomic E-state index is 13.4. The zero-order valence-electron chi connectivity index (χ0n) is 14.7. The van der Waals surface area contributed by atoms with Crippen molar-refractivity contribution < 1.29 is 9.18 Å². The molecule has 0 saturated heterocycles. The highest BCUT2D eigenvalue weighted by atomic mass is 32.2. The van der Waals surface area contributed by atoms with Crippen molar-refractivity contribution in [2.24, 2.45) is 0 Å². The predicted molar refractivity (Wildman–Crippen MR) is 104 cm³/mol. The molecule has 0 saturated carbocycles. The number of thioether (sulfide) groups is 1. The molecule has 0 aliphatic rings. The average Bonchev–Trinajstić information content (AvgIpc) is 2.99. The molecule has 2 N–H and O–H groups in total. The van der Waals surface area contributed by atoms with Gasteiger partial charge in [-0.2, -0.15) is 0 Å². The highest BCUT2D eigenvalue weighted by Crippen LogP contribution is 2.24. The lowest BCUT2D eigenvalue weighted by Crippen LogP contribution is -2.15. The van der Waals surface area contributed by atoms with Crippen molar-refractivity contribution in [1.82, 2.24) is 20.2 Å². The van der Waals surface area contributed by atoms with Gasteiger partial charge in [-0.15, -0.1) is 10.2 Å². The number of carbonyl (C=O) groups is 1. The minimum Gasteiger partial charge on any atom is -0.338 e. The number of fused-ring (bicyclic) bond motifs is 3. The highest BCUT2D eigenvalue weighted by molar-refractivity contribution is 7.99. The second-order valence-electron chi connectivity index (χ2n) is 6.26. The van der Waals surface area contributed by atoms with Gasteiger partial charge in [0.05, 0.1) is 5.75 Å². The van der Waals surface area contributed by atoms with Crippen LogP contribution in [-0.2, 0) is 4.79 Å². The molecule has 136 valence electrons. The van der Waals surface area contributed by atoms with Crippen molar-refractivity contribution in [1.29, 1.82) is 0 Å². The van der Waals surface area contributed by atoms with Crippen LogP contribution in [0.25, 0.3) is 22.1 Å². The zero-order valence-corrected chi connectivity index (χ0v) is 15.5. The van der Waals surface area contributed by atoms with E-state index in [1.54, 1.807) is 6.07 Å². The fourth-order valence-corrected chi connectivity index (χ4v) is 3.45. The van der Waals surface area contributed by atoms with Crippen molar-refractivity contribution in [3.8, 4) is 0 Å². The standard InChI is InChI=1S/C19H16FN5OS/c1-10-3-5-14(11(2)7-10)21-16(26)9-27-19-23-18-17(24-25-19)13-8-12(20)4-6-15(13)22-18/h3-8H,9H2,1-2H3,(H,21,26)(H,22,23,25). The Bertz CT molecular complexity index is 1170. The third-order valence-corrected chi connectivity index (χ3v) is 4.98. The number of anilines is 1. The quantitative estimate of drug-likeness (QED) is 0.522. The van der Waals surface area contributed by atoms with Gasteiger partial charge in [-0.05, 0) is 43.7 Å². The number of aryl methyl sites for hydroxylation is 2. The first-order valence-corrected chi connectivity index (χ1v) is 9.30. The summed E-state index contributed by atoms with van der Waals surface area (Å²) in [4.78, 5) is 19.7. The Morgan fingerprint density at radius 2 is 2.04 bits per heavy atom. The first-order valence-electron chi connectivity index (χ1n) is 8.31. The van der Waals surface area contributed by atoms with Crippen LogP contribution in [0.15, 0.2) is 41.6 Å². The summed E-state index contributed by atoms with van der Waals surface area (Å²) in [6, 6.07) is 10.3. The van der Waals surface area contributed by atoms with Crippen molar-refractivity contribution >= 4 is 45.4 Å². The topological polar surface area (TPSA) is 83.6 Å². The van der Waals surface area contributed by atoms with E-state index in [2.05, 4.69) is 25.5 Å². The lowest BCUT2D eigenvalue weighted by atomic mass is 10.1. The van der Waals surface area contributed by atoms with Crippen LogP contribution >= 0.6 is 11.8 Å². The van der Waals surface area contributed by atoms with Gasteiger partial charge in [0.1, 0.15) is 11.3 Å². The summed E-state index contributed by atoms with van der Waals surface area (Å²) in [5, 5.41) is 12.1. The van der Waals surface area contributed by atoms with Gasteiger partial charge >= 0.3 is 0 Å². The third kappa shape index (κ3) is 3.61. The molecule has 0 spiro atoms. The van der Waals surface area contributed by atoms with Crippen LogP contribution in [-0.4, -0.2) is 31.8 Å². The Balaban J connectivity index is 1.48. The lowest BCUT2D eigenvalue weighted by molar-refractivity contribution is -0.113. The Morgan fingerprint density at radius 1 is 1.19 bits per heavy atom. The van der Waals surface area contributed by atoms with Crippen molar-refractivity contribution in [3.05, 3.63) is 53.3 Å². The minimum absolute atomic E-state index is 0.144. The molecule has 2 aromatic heterocycles. The maximum Gasteiger partial charge on any atom is 0.234 e. The number of nitrogens with one attached hydrogen (secondary N) is 2. The van der Waals surface area contributed by atoms with Crippen molar-refractivity contribution in [2.45, 2.75) is 19.0 Å². The number of aromatic nitrogens is 4. The molecular weight excluding hydrogens is 365 g/mol. The molecule has 6 nitrogen and oxygen atoms in total. The predicted octanol–water partition coefficient (Wildman–Crippen LogP) is 3.99. The summed E-state index contributed by atoms with van der Waals surface area (Å²) in [5.74, 6) is -0.323. The summed E-state index contributed by atoms with van der Waals surface area (Å²) in [5.41, 5.74) is 4.71. The van der Waals surface area contributed by atoms with Gasteiger partial charge in [0.25, 0.3) is 0 Å². The molecule has 4 rings (SSSR count). The van der Waals surface area contributed by atoms with E-state index in [1.165, 1.54) is 23.9 Å². The van der Waals surface area contributed by atoms with E-state index in [4.69, 9.17) is 0 Å². The van der Waals surface area contributed by atoms with Crippen LogP contribution in [0.3, 0.4) is 0 Å². The third-order valence-electron chi connectivity index (χ3n) is 4.15. The maximum absolute atomic E-state index is 13.4. The van der Waals surface area contributed by atoms with Gasteiger partial charge in [0, 0.05) is 16.6 Å². The summed E-state index contributed by atoms with van der Waals surface area (Å²) in [6.07, 6.45) is 0. The Kier molecular flexibility index (Phi) is 4.49. The molecule has 0 bridgehead atoms. The average molecular weight is 381 g/mol. The van der Waals surface area contributed by atoms with Gasteiger partial charge in [0.15, 0.2) is 5.65 Å². The molecule has 0 atom stereocenters. The van der Waals surface area contributed by atoms with Crippen LogP contribution in [0.1, 0.15) is 11.1 Å². The first-order chi connectivity index (χ1) is 13.0. The van der Waals surface area contributed by atoms with Gasteiger partial charge in [-0.3, -0.25) is 4.79 Å². The number of aromatic amines is 1. The molecule has 0 aliphatic carbocycles. The SMILES string of the molecule is Cc1ccc(NC(=O)CSc2nnc3c(n2)[nH]c2ccc(F)cc23)c(C)c1.